The number of rotatable bonds is 2. The Morgan fingerprint density at radius 3 is 3.12 bits per heavy atom. The third-order valence-corrected chi connectivity index (χ3v) is 3.10. The van der Waals surface area contributed by atoms with Gasteiger partial charge in [0.2, 0.25) is 0 Å². The maximum Gasteiger partial charge on any atom is 0.0931 e. The second-order valence-electron chi connectivity index (χ2n) is 4.23. The summed E-state index contributed by atoms with van der Waals surface area (Å²) in [5.41, 5.74) is 3.94. The van der Waals surface area contributed by atoms with E-state index in [1.807, 2.05) is 30.4 Å². The van der Waals surface area contributed by atoms with Crippen molar-refractivity contribution in [1.82, 2.24) is 9.97 Å². The SMILES string of the molecule is N=C1C=CC=CC1Cc1cccc2[nH]cnc12. The number of hydrogen-bond donors (Lipinski definition) is 2. The zero-order chi connectivity index (χ0) is 11.7. The molecule has 1 aliphatic carbocycles. The number of hydrogen-bond acceptors (Lipinski definition) is 2. The molecule has 1 unspecified atom stereocenters. The Morgan fingerprint density at radius 2 is 2.24 bits per heavy atom. The number of para-hydroxylation sites is 1. The maximum atomic E-state index is 7.90. The first kappa shape index (κ1) is 10.0. The number of aromatic amines is 1. The lowest BCUT2D eigenvalue weighted by Gasteiger charge is -2.14. The summed E-state index contributed by atoms with van der Waals surface area (Å²) in [6, 6.07) is 6.14. The summed E-state index contributed by atoms with van der Waals surface area (Å²) in [5, 5.41) is 7.90. The van der Waals surface area contributed by atoms with Crippen LogP contribution in [0.3, 0.4) is 0 Å². The minimum Gasteiger partial charge on any atom is -0.345 e. The van der Waals surface area contributed by atoms with Crippen LogP contribution in [-0.4, -0.2) is 15.7 Å². The number of nitrogens with zero attached hydrogens (tertiary/aromatic N) is 1. The first-order valence-corrected chi connectivity index (χ1v) is 5.69. The van der Waals surface area contributed by atoms with Gasteiger partial charge in [-0.15, -0.1) is 0 Å². The van der Waals surface area contributed by atoms with Gasteiger partial charge >= 0.3 is 0 Å². The highest BCUT2D eigenvalue weighted by Crippen LogP contribution is 2.21. The topological polar surface area (TPSA) is 52.5 Å². The average molecular weight is 223 g/mol. The highest BCUT2D eigenvalue weighted by Gasteiger charge is 2.14. The summed E-state index contributed by atoms with van der Waals surface area (Å²) in [5.74, 6) is 0.169. The molecule has 3 nitrogen and oxygen atoms in total. The third-order valence-electron chi connectivity index (χ3n) is 3.10. The van der Waals surface area contributed by atoms with Crippen molar-refractivity contribution in [3.05, 3.63) is 54.4 Å². The predicted octanol–water partition coefficient (Wildman–Crippen LogP) is 2.87. The quantitative estimate of drug-likeness (QED) is 0.808. The Morgan fingerprint density at radius 1 is 1.29 bits per heavy atom. The van der Waals surface area contributed by atoms with E-state index in [4.69, 9.17) is 5.41 Å². The lowest BCUT2D eigenvalue weighted by Crippen LogP contribution is -2.13. The predicted molar refractivity (Wildman–Crippen MR) is 69.3 cm³/mol. The maximum absolute atomic E-state index is 7.90. The molecular weight excluding hydrogens is 210 g/mol. The van der Waals surface area contributed by atoms with E-state index in [-0.39, 0.29) is 5.92 Å². The van der Waals surface area contributed by atoms with Crippen molar-refractivity contribution in [2.24, 2.45) is 5.92 Å². The van der Waals surface area contributed by atoms with Crippen LogP contribution in [0.1, 0.15) is 5.56 Å². The number of allylic oxidation sites excluding steroid dienone is 4. The molecule has 2 aromatic rings. The number of benzene rings is 1. The van der Waals surface area contributed by atoms with Gasteiger partial charge in [0, 0.05) is 11.6 Å². The van der Waals surface area contributed by atoms with E-state index in [1.165, 1.54) is 5.56 Å². The molecule has 0 amide bonds. The van der Waals surface area contributed by atoms with Gasteiger partial charge in [-0.25, -0.2) is 4.98 Å². The van der Waals surface area contributed by atoms with Crippen LogP contribution in [0.5, 0.6) is 0 Å². The number of nitrogens with one attached hydrogen (secondary N) is 2. The molecule has 0 bridgehead atoms. The Hall–Kier alpha value is -2.16. The Kier molecular flexibility index (Phi) is 2.37. The van der Waals surface area contributed by atoms with Gasteiger partial charge in [0.1, 0.15) is 0 Å². The molecule has 0 radical (unpaired) electrons. The van der Waals surface area contributed by atoms with E-state index in [2.05, 4.69) is 22.1 Å². The smallest absolute Gasteiger partial charge is 0.0931 e. The van der Waals surface area contributed by atoms with E-state index in [1.54, 1.807) is 6.33 Å². The third kappa shape index (κ3) is 1.80. The lowest BCUT2D eigenvalue weighted by atomic mass is 9.91. The first-order valence-electron chi connectivity index (χ1n) is 5.69. The van der Waals surface area contributed by atoms with E-state index in [9.17, 15) is 0 Å². The molecule has 0 saturated carbocycles. The monoisotopic (exact) mass is 223 g/mol. The second-order valence-corrected chi connectivity index (χ2v) is 4.23. The van der Waals surface area contributed by atoms with E-state index < -0.39 is 0 Å². The van der Waals surface area contributed by atoms with E-state index >= 15 is 0 Å². The summed E-state index contributed by atoms with van der Waals surface area (Å²) < 4.78 is 0. The zero-order valence-corrected chi connectivity index (χ0v) is 9.35. The molecule has 3 rings (SSSR count). The molecule has 0 saturated heterocycles. The van der Waals surface area contributed by atoms with Crippen molar-refractivity contribution >= 4 is 16.7 Å². The minimum absolute atomic E-state index is 0.169. The van der Waals surface area contributed by atoms with Gasteiger partial charge in [0.05, 0.1) is 17.4 Å². The van der Waals surface area contributed by atoms with Gasteiger partial charge < -0.3 is 10.4 Å². The molecule has 3 heteroatoms. The van der Waals surface area contributed by atoms with Gasteiger partial charge in [-0.1, -0.05) is 30.4 Å². The minimum atomic E-state index is 0.169. The summed E-state index contributed by atoms with van der Waals surface area (Å²) in [6.07, 6.45) is 10.4. The van der Waals surface area contributed by atoms with Gasteiger partial charge in [0.25, 0.3) is 0 Å². The molecule has 1 aliphatic rings. The molecule has 2 N–H and O–H groups in total. The van der Waals surface area contributed by atoms with Crippen LogP contribution in [0.25, 0.3) is 11.0 Å². The van der Waals surface area contributed by atoms with E-state index in [0.717, 1.165) is 17.5 Å². The number of H-pyrrole nitrogens is 1. The molecule has 84 valence electrons. The Bertz CT molecular complexity index is 619. The average Bonchev–Trinajstić information content (AvgIpc) is 2.81. The van der Waals surface area contributed by atoms with Crippen LogP contribution >= 0.6 is 0 Å². The van der Waals surface area contributed by atoms with Gasteiger partial charge in [0.15, 0.2) is 0 Å². The second kappa shape index (κ2) is 4.01. The molecule has 1 atom stereocenters. The largest absolute Gasteiger partial charge is 0.345 e. The molecule has 0 spiro atoms. The van der Waals surface area contributed by atoms with Crippen molar-refractivity contribution in [1.29, 1.82) is 5.41 Å². The summed E-state index contributed by atoms with van der Waals surface area (Å²) >= 11 is 0. The van der Waals surface area contributed by atoms with Gasteiger partial charge in [-0.05, 0) is 24.1 Å². The zero-order valence-electron chi connectivity index (χ0n) is 9.35. The van der Waals surface area contributed by atoms with Crippen LogP contribution in [-0.2, 0) is 6.42 Å². The fraction of sp³-hybridized carbons (Fsp3) is 0.143. The highest BCUT2D eigenvalue weighted by molar-refractivity contribution is 5.97. The summed E-state index contributed by atoms with van der Waals surface area (Å²) in [4.78, 5) is 7.45. The molecule has 1 aromatic carbocycles. The van der Waals surface area contributed by atoms with Gasteiger partial charge in [-0.3, -0.25) is 0 Å². The van der Waals surface area contributed by atoms with Crippen LogP contribution in [0.2, 0.25) is 0 Å². The number of imidazole rings is 1. The summed E-state index contributed by atoms with van der Waals surface area (Å²) in [6.45, 7) is 0. The summed E-state index contributed by atoms with van der Waals surface area (Å²) in [7, 11) is 0. The standard InChI is InChI=1S/C14H13N3/c15-12-6-2-1-4-10(12)8-11-5-3-7-13-14(11)17-9-16-13/h1-7,9-10,15H,8H2,(H,16,17). The number of aromatic nitrogens is 2. The van der Waals surface area contributed by atoms with Crippen molar-refractivity contribution < 1.29 is 0 Å². The fourth-order valence-electron chi connectivity index (χ4n) is 2.19. The van der Waals surface area contributed by atoms with Crippen molar-refractivity contribution in [3.8, 4) is 0 Å². The van der Waals surface area contributed by atoms with Gasteiger partial charge in [-0.2, -0.15) is 0 Å². The molecule has 0 fully saturated rings. The van der Waals surface area contributed by atoms with Crippen LogP contribution in [0, 0.1) is 11.3 Å². The first-order chi connectivity index (χ1) is 8.34. The molecule has 1 heterocycles. The fourth-order valence-corrected chi connectivity index (χ4v) is 2.19. The Labute approximate surface area is 99.4 Å². The van der Waals surface area contributed by atoms with Crippen molar-refractivity contribution in [2.45, 2.75) is 6.42 Å². The molecule has 1 aromatic heterocycles. The van der Waals surface area contributed by atoms with Crippen LogP contribution in [0.15, 0.2) is 48.8 Å². The normalized spacial score (nSPS) is 19.1. The highest BCUT2D eigenvalue weighted by atomic mass is 14.9. The van der Waals surface area contributed by atoms with E-state index in [0.29, 0.717) is 5.71 Å². The molecule has 17 heavy (non-hydrogen) atoms. The molecule has 0 aliphatic heterocycles. The van der Waals surface area contributed by atoms with Crippen LogP contribution in [0.4, 0.5) is 0 Å². The van der Waals surface area contributed by atoms with Crippen molar-refractivity contribution in [3.63, 3.8) is 0 Å². The molecular formula is C14H13N3. The van der Waals surface area contributed by atoms with Crippen LogP contribution < -0.4 is 0 Å². The number of fused-ring (bicyclic) bond motifs is 1. The van der Waals surface area contributed by atoms with Crippen molar-refractivity contribution in [2.75, 3.05) is 0 Å². The lowest BCUT2D eigenvalue weighted by molar-refractivity contribution is 0.847. The Balaban J connectivity index is 1.95.